The van der Waals surface area contributed by atoms with E-state index in [0.717, 1.165) is 5.70 Å². The van der Waals surface area contributed by atoms with Gasteiger partial charge in [-0.2, -0.15) is 0 Å². The van der Waals surface area contributed by atoms with Gasteiger partial charge in [-0.1, -0.05) is 30.4 Å². The molecule has 0 saturated heterocycles. The second-order valence-corrected chi connectivity index (χ2v) is 2.86. The molecule has 0 saturated carbocycles. The molecule has 0 aromatic carbocycles. The van der Waals surface area contributed by atoms with Gasteiger partial charge in [0.15, 0.2) is 5.11 Å². The number of hydrogen-bond donors (Lipinski definition) is 2. The van der Waals surface area contributed by atoms with Crippen molar-refractivity contribution >= 4 is 17.3 Å². The zero-order valence-electron chi connectivity index (χ0n) is 7.45. The Morgan fingerprint density at radius 1 is 1.15 bits per heavy atom. The first-order chi connectivity index (χ1) is 6.33. The molecule has 2 N–H and O–H groups in total. The van der Waals surface area contributed by atoms with Crippen molar-refractivity contribution in [2.45, 2.75) is 0 Å². The normalized spacial score (nSPS) is 25.8. The molecule has 0 unspecified atom stereocenters. The molecule has 0 radical (unpaired) electrons. The van der Waals surface area contributed by atoms with E-state index in [1.54, 1.807) is 7.05 Å². The summed E-state index contributed by atoms with van der Waals surface area (Å²) in [6, 6.07) is 0. The molecule has 68 valence electrons. The maximum absolute atomic E-state index is 4.98. The zero-order valence-corrected chi connectivity index (χ0v) is 8.27. The van der Waals surface area contributed by atoms with E-state index >= 15 is 0 Å². The average molecular weight is 192 g/mol. The molecule has 1 aliphatic rings. The van der Waals surface area contributed by atoms with Crippen LogP contribution in [0.2, 0.25) is 0 Å². The number of thiocarbonyl (C=S) groups is 1. The molecule has 1 rings (SSSR count). The van der Waals surface area contributed by atoms with Crippen LogP contribution in [0.5, 0.6) is 0 Å². The van der Waals surface area contributed by atoms with Crippen LogP contribution in [0.4, 0.5) is 0 Å². The summed E-state index contributed by atoms with van der Waals surface area (Å²) < 4.78 is 0. The minimum Gasteiger partial charge on any atom is -0.366 e. The lowest BCUT2D eigenvalue weighted by Crippen LogP contribution is -2.31. The summed E-state index contributed by atoms with van der Waals surface area (Å²) in [5.74, 6) is 0. The SMILES string of the molecule is CNC(=S)NC1=C/C=C\C=C/C=C\1. The molecule has 13 heavy (non-hydrogen) atoms. The van der Waals surface area contributed by atoms with Crippen LogP contribution in [-0.4, -0.2) is 12.2 Å². The molecule has 0 bridgehead atoms. The minimum atomic E-state index is 0.619. The third-order valence-corrected chi connectivity index (χ3v) is 1.79. The third-order valence-electron chi connectivity index (χ3n) is 1.48. The van der Waals surface area contributed by atoms with Crippen LogP contribution < -0.4 is 10.6 Å². The highest BCUT2D eigenvalue weighted by molar-refractivity contribution is 7.80. The maximum Gasteiger partial charge on any atom is 0.170 e. The lowest BCUT2D eigenvalue weighted by molar-refractivity contribution is 1.07. The van der Waals surface area contributed by atoms with Crippen LogP contribution in [0.25, 0.3) is 0 Å². The van der Waals surface area contributed by atoms with E-state index in [1.807, 2.05) is 42.5 Å². The van der Waals surface area contributed by atoms with Crippen LogP contribution in [0, 0.1) is 0 Å². The van der Waals surface area contributed by atoms with Crippen molar-refractivity contribution in [3.63, 3.8) is 0 Å². The zero-order chi connectivity index (χ0) is 9.52. The Morgan fingerprint density at radius 3 is 2.62 bits per heavy atom. The Morgan fingerprint density at radius 2 is 1.85 bits per heavy atom. The Hall–Kier alpha value is -1.35. The standard InChI is InChI=1S/C10H12N2S/c1-11-10(13)12-9-7-5-3-2-4-6-8-9/h2-8H,1H3,(H2,11,12,13)/b3-2-,4-2?,5-3?,6-4-,7-5-,8-6?,9-7?,9-8+. The van der Waals surface area contributed by atoms with E-state index in [0.29, 0.717) is 5.11 Å². The van der Waals surface area contributed by atoms with E-state index in [4.69, 9.17) is 12.2 Å². The first-order valence-electron chi connectivity index (χ1n) is 4.03. The first kappa shape index (κ1) is 9.74. The fourth-order valence-electron chi connectivity index (χ4n) is 0.843. The van der Waals surface area contributed by atoms with E-state index in [9.17, 15) is 0 Å². The van der Waals surface area contributed by atoms with E-state index in [-0.39, 0.29) is 0 Å². The molecule has 0 spiro atoms. The van der Waals surface area contributed by atoms with Gasteiger partial charge >= 0.3 is 0 Å². The molecule has 0 atom stereocenters. The van der Waals surface area contributed by atoms with Crippen molar-refractivity contribution in [2.24, 2.45) is 0 Å². The van der Waals surface area contributed by atoms with Crippen LogP contribution >= 0.6 is 12.2 Å². The maximum atomic E-state index is 4.98. The van der Waals surface area contributed by atoms with Crippen molar-refractivity contribution in [3.05, 3.63) is 48.2 Å². The van der Waals surface area contributed by atoms with Gasteiger partial charge in [-0.15, -0.1) is 0 Å². The van der Waals surface area contributed by atoms with Gasteiger partial charge in [0.1, 0.15) is 0 Å². The van der Waals surface area contributed by atoms with Crippen LogP contribution in [-0.2, 0) is 0 Å². The molecule has 0 heterocycles. The molecular formula is C10H12N2S. The van der Waals surface area contributed by atoms with Crippen molar-refractivity contribution in [3.8, 4) is 0 Å². The summed E-state index contributed by atoms with van der Waals surface area (Å²) in [7, 11) is 1.79. The Balaban J connectivity index is 2.63. The molecule has 1 aliphatic carbocycles. The molecule has 2 nitrogen and oxygen atoms in total. The van der Waals surface area contributed by atoms with E-state index in [1.165, 1.54) is 0 Å². The fraction of sp³-hybridized carbons (Fsp3) is 0.100. The second kappa shape index (κ2) is 5.32. The average Bonchev–Trinajstić information content (AvgIpc) is 2.09. The largest absolute Gasteiger partial charge is 0.366 e. The van der Waals surface area contributed by atoms with Gasteiger partial charge in [-0.05, 0) is 24.4 Å². The number of allylic oxidation sites excluding steroid dienone is 7. The quantitative estimate of drug-likeness (QED) is 0.618. The van der Waals surface area contributed by atoms with Crippen LogP contribution in [0.3, 0.4) is 0 Å². The monoisotopic (exact) mass is 192 g/mol. The lowest BCUT2D eigenvalue weighted by Gasteiger charge is -2.07. The predicted molar refractivity (Wildman–Crippen MR) is 60.3 cm³/mol. The Labute approximate surface area is 83.7 Å². The predicted octanol–water partition coefficient (Wildman–Crippen LogP) is 1.65. The topological polar surface area (TPSA) is 24.1 Å². The van der Waals surface area contributed by atoms with Gasteiger partial charge in [-0.25, -0.2) is 0 Å². The van der Waals surface area contributed by atoms with Gasteiger partial charge in [0.2, 0.25) is 0 Å². The second-order valence-electron chi connectivity index (χ2n) is 2.46. The Kier molecular flexibility index (Phi) is 3.99. The summed E-state index contributed by atoms with van der Waals surface area (Å²) in [6.45, 7) is 0. The summed E-state index contributed by atoms with van der Waals surface area (Å²) >= 11 is 4.98. The summed E-state index contributed by atoms with van der Waals surface area (Å²) in [6.07, 6.45) is 13.7. The van der Waals surface area contributed by atoms with Crippen molar-refractivity contribution in [1.82, 2.24) is 10.6 Å². The summed E-state index contributed by atoms with van der Waals surface area (Å²) in [5, 5.41) is 6.52. The van der Waals surface area contributed by atoms with Gasteiger partial charge in [-0.3, -0.25) is 0 Å². The van der Waals surface area contributed by atoms with Crippen molar-refractivity contribution in [2.75, 3.05) is 7.05 Å². The number of nitrogens with one attached hydrogen (secondary N) is 2. The highest BCUT2D eigenvalue weighted by atomic mass is 32.1. The molecule has 0 amide bonds. The van der Waals surface area contributed by atoms with Crippen molar-refractivity contribution in [1.29, 1.82) is 0 Å². The van der Waals surface area contributed by atoms with Crippen LogP contribution in [0.1, 0.15) is 0 Å². The molecule has 0 aliphatic heterocycles. The molecule has 0 aromatic heterocycles. The highest BCUT2D eigenvalue weighted by Gasteiger charge is 1.93. The highest BCUT2D eigenvalue weighted by Crippen LogP contribution is 1.97. The summed E-state index contributed by atoms with van der Waals surface area (Å²) in [4.78, 5) is 0. The van der Waals surface area contributed by atoms with Gasteiger partial charge in [0.25, 0.3) is 0 Å². The lowest BCUT2D eigenvalue weighted by atomic mass is 10.3. The third kappa shape index (κ3) is 3.71. The molecular weight excluding hydrogens is 180 g/mol. The van der Waals surface area contributed by atoms with E-state index in [2.05, 4.69) is 10.6 Å². The Bertz CT molecular complexity index is 298. The van der Waals surface area contributed by atoms with Crippen molar-refractivity contribution < 1.29 is 0 Å². The molecule has 0 aromatic rings. The smallest absolute Gasteiger partial charge is 0.170 e. The molecule has 3 heteroatoms. The first-order valence-corrected chi connectivity index (χ1v) is 4.44. The van der Waals surface area contributed by atoms with Gasteiger partial charge in [0.05, 0.1) is 0 Å². The van der Waals surface area contributed by atoms with Crippen LogP contribution in [0.15, 0.2) is 48.2 Å². The van der Waals surface area contributed by atoms with E-state index < -0.39 is 0 Å². The van der Waals surface area contributed by atoms with Gasteiger partial charge < -0.3 is 10.6 Å². The number of rotatable bonds is 1. The minimum absolute atomic E-state index is 0.619. The van der Waals surface area contributed by atoms with Gasteiger partial charge in [0, 0.05) is 12.7 Å². The summed E-state index contributed by atoms with van der Waals surface area (Å²) in [5.41, 5.74) is 0.972. The fourth-order valence-corrected chi connectivity index (χ4v) is 0.961. The molecule has 0 fully saturated rings. The number of hydrogen-bond acceptors (Lipinski definition) is 1.